The van der Waals surface area contributed by atoms with E-state index < -0.39 is 5.91 Å². The minimum Gasteiger partial charge on any atom is -0.686 e. The maximum absolute atomic E-state index is 12.5. The van der Waals surface area contributed by atoms with E-state index in [-0.39, 0.29) is 80.8 Å². The zero-order valence-corrected chi connectivity index (χ0v) is 25.1. The number of hydrogen-bond acceptors (Lipinski definition) is 6. The number of carbonyl (C=O) groups excluding carboxylic acids is 2. The first kappa shape index (κ1) is 30.7. The van der Waals surface area contributed by atoms with E-state index in [1.54, 1.807) is 19.3 Å². The van der Waals surface area contributed by atoms with Crippen LogP contribution < -0.4 is 74.0 Å². The summed E-state index contributed by atoms with van der Waals surface area (Å²) in [7, 11) is 1.65. The topological polar surface area (TPSA) is 167 Å². The molecule has 2 aromatic rings. The molecular weight excluding hydrogens is 495 g/mol. The molecule has 0 radical (unpaired) electrons. The number of amides is 2. The molecule has 37 heavy (non-hydrogen) atoms. The van der Waals surface area contributed by atoms with Gasteiger partial charge in [0.2, 0.25) is 0 Å². The Labute approximate surface area is 260 Å². The Hall–Kier alpha value is -2.54. The number of amidine groups is 1. The second kappa shape index (κ2) is 13.8. The number of nitrogens with zero attached hydrogens (tertiary/aromatic N) is 4. The van der Waals surface area contributed by atoms with E-state index in [1.807, 2.05) is 51.1 Å². The third kappa shape index (κ3) is 8.77. The number of nitrogens with two attached hydrogens (primary N) is 3. The number of nitrogens with one attached hydrogen (secondary N) is 1. The average molecular weight is 529 g/mol. The van der Waals surface area contributed by atoms with Gasteiger partial charge in [-0.25, -0.2) is 5.84 Å². The van der Waals surface area contributed by atoms with Crippen molar-refractivity contribution in [1.82, 2.24) is 9.99 Å². The first-order chi connectivity index (χ1) is 17.1. The zero-order valence-electron chi connectivity index (χ0n) is 22.0. The molecule has 0 atom stereocenters. The number of aryl methyl sites for hydroxylation is 1. The van der Waals surface area contributed by atoms with Gasteiger partial charge in [-0.2, -0.15) is 4.99 Å². The van der Waals surface area contributed by atoms with Crippen molar-refractivity contribution in [2.24, 2.45) is 28.2 Å². The van der Waals surface area contributed by atoms with Gasteiger partial charge in [0, 0.05) is 29.4 Å². The van der Waals surface area contributed by atoms with Crippen LogP contribution in [0.25, 0.3) is 22.1 Å². The van der Waals surface area contributed by atoms with Gasteiger partial charge in [0.05, 0.1) is 11.9 Å². The van der Waals surface area contributed by atoms with Gasteiger partial charge < -0.3 is 27.1 Å². The Balaban J connectivity index is 0.00000481. The van der Waals surface area contributed by atoms with Crippen LogP contribution in [0.5, 0.6) is 0 Å². The summed E-state index contributed by atoms with van der Waals surface area (Å²) in [5, 5.41) is 8.44. The predicted molar refractivity (Wildman–Crippen MR) is 143 cm³/mol. The summed E-state index contributed by atoms with van der Waals surface area (Å²) in [5.74, 6) is 5.28. The summed E-state index contributed by atoms with van der Waals surface area (Å²) in [5.41, 5.74) is 16.2. The van der Waals surface area contributed by atoms with Crippen LogP contribution >= 0.6 is 0 Å². The smallest absolute Gasteiger partial charge is 0.686 e. The molecule has 0 bridgehead atoms. The van der Waals surface area contributed by atoms with E-state index >= 15 is 0 Å². The maximum Gasteiger partial charge on any atom is 1.00 e. The third-order valence-electron chi connectivity index (χ3n) is 5.65. The molecule has 0 aliphatic heterocycles. The molecule has 1 heterocycles. The molecule has 0 spiro atoms. The molecule has 7 N–H and O–H groups in total. The molecule has 1 fully saturated rings. The second-order valence-corrected chi connectivity index (χ2v) is 8.92. The van der Waals surface area contributed by atoms with Crippen LogP contribution in [0, 0.1) is 12.8 Å². The molecule has 1 aromatic carbocycles. The fraction of sp³-hybridized carbons (Fsp3) is 0.308. The molecule has 1 saturated carbocycles. The summed E-state index contributed by atoms with van der Waals surface area (Å²) in [6.45, 7) is 5.65. The van der Waals surface area contributed by atoms with Crippen molar-refractivity contribution in [2.45, 2.75) is 39.7 Å². The number of anilines is 1. The fourth-order valence-corrected chi connectivity index (χ4v) is 3.31. The van der Waals surface area contributed by atoms with Gasteiger partial charge in [0.25, 0.3) is 11.8 Å². The van der Waals surface area contributed by atoms with Crippen LogP contribution in [-0.2, 0) is 9.59 Å². The number of aliphatic imine (C=N–C) groups is 1. The number of hydrogen-bond donors (Lipinski definition) is 4. The Morgan fingerprint density at radius 3 is 2.57 bits per heavy atom. The minimum atomic E-state index is -0.484. The van der Waals surface area contributed by atoms with Crippen molar-refractivity contribution >= 4 is 29.0 Å². The number of aromatic nitrogens is 1. The molecule has 1 aromatic heterocycles. The summed E-state index contributed by atoms with van der Waals surface area (Å²) < 4.78 is 0. The third-order valence-corrected chi connectivity index (χ3v) is 5.65. The van der Waals surface area contributed by atoms with Gasteiger partial charge in [-0.1, -0.05) is 18.2 Å². The van der Waals surface area contributed by atoms with Gasteiger partial charge in [-0.05, 0) is 62.9 Å². The first-order valence-corrected chi connectivity index (χ1v) is 11.7. The number of rotatable bonds is 9. The number of hydrazine groups is 1. The number of carbonyl (C=O) groups is 2. The maximum atomic E-state index is 12.5. The van der Waals surface area contributed by atoms with E-state index in [2.05, 4.69) is 20.6 Å². The Bertz CT molecular complexity index is 1230. The van der Waals surface area contributed by atoms with E-state index in [9.17, 15) is 9.59 Å². The standard InChI is InChI=1S/C26H34N8O2.K/c1-15(2)34(29)14-22(27)26(36)32-20-11-21(16(3)31-13-20)18-6-5-7-19(10-18)23(30-4)12-24(28)33-25(35)17-8-9-17;/h5-7,10-15,17H,8-9,27,29H2,1-4H3,(H4,28,30,32,33,35,36);/q;+1/p-1/b22-14-;. The van der Waals surface area contributed by atoms with Crippen molar-refractivity contribution in [3.8, 4) is 11.1 Å². The molecule has 1 aliphatic carbocycles. The van der Waals surface area contributed by atoms with Crippen molar-refractivity contribution in [1.29, 1.82) is 0 Å². The SMILES string of the molecule is C[N-]/C(=C\C(N)=NC(=O)C1CC1)c1cccc(-c2cc(NC(=O)/C(N)=C/N(N)C(C)C)cnc2C)c1.[K+]. The first-order valence-electron chi connectivity index (χ1n) is 11.7. The average Bonchev–Trinajstić information content (AvgIpc) is 3.69. The van der Waals surface area contributed by atoms with Gasteiger partial charge >= 0.3 is 51.4 Å². The van der Waals surface area contributed by atoms with Gasteiger partial charge in [-0.3, -0.25) is 14.6 Å². The summed E-state index contributed by atoms with van der Waals surface area (Å²) >= 11 is 0. The van der Waals surface area contributed by atoms with Crippen molar-refractivity contribution in [3.63, 3.8) is 0 Å². The summed E-state index contributed by atoms with van der Waals surface area (Å²) in [4.78, 5) is 32.9. The quantitative estimate of drug-likeness (QED) is 0.0889. The molecule has 0 saturated heterocycles. The van der Waals surface area contributed by atoms with Gasteiger partial charge in [0.15, 0.2) is 0 Å². The van der Waals surface area contributed by atoms with E-state index in [4.69, 9.17) is 17.3 Å². The molecule has 11 heteroatoms. The number of benzene rings is 1. The van der Waals surface area contributed by atoms with Crippen LogP contribution in [-0.4, -0.2) is 40.7 Å². The largest absolute Gasteiger partial charge is 1.00 e. The van der Waals surface area contributed by atoms with Crippen LogP contribution in [0.1, 0.15) is 37.9 Å². The molecular formula is C26H33KN8O2. The van der Waals surface area contributed by atoms with Crippen molar-refractivity contribution in [3.05, 3.63) is 71.1 Å². The Morgan fingerprint density at radius 1 is 1.24 bits per heavy atom. The minimum absolute atomic E-state index is 0. The fourth-order valence-electron chi connectivity index (χ4n) is 3.31. The Kier molecular flexibility index (Phi) is 11.5. The van der Waals surface area contributed by atoms with Crippen LogP contribution in [0.2, 0.25) is 0 Å². The Morgan fingerprint density at radius 2 is 1.95 bits per heavy atom. The van der Waals surface area contributed by atoms with Gasteiger partial charge in [-0.15, -0.1) is 12.7 Å². The zero-order chi connectivity index (χ0) is 26.4. The second-order valence-electron chi connectivity index (χ2n) is 8.92. The van der Waals surface area contributed by atoms with Crippen molar-refractivity contribution < 1.29 is 61.0 Å². The van der Waals surface area contributed by atoms with Crippen molar-refractivity contribution in [2.75, 3.05) is 12.4 Å². The normalized spacial score (nSPS) is 14.2. The number of pyridine rings is 1. The summed E-state index contributed by atoms with van der Waals surface area (Å²) in [6.07, 6.45) is 6.28. The van der Waals surface area contributed by atoms with E-state index in [0.29, 0.717) is 11.4 Å². The molecule has 2 amide bonds. The molecule has 10 nitrogen and oxygen atoms in total. The molecule has 1 aliphatic rings. The van der Waals surface area contributed by atoms with Crippen LogP contribution in [0.15, 0.2) is 59.5 Å². The van der Waals surface area contributed by atoms with Crippen LogP contribution in [0.3, 0.4) is 0 Å². The molecule has 190 valence electrons. The monoisotopic (exact) mass is 528 g/mol. The molecule has 3 rings (SSSR count). The van der Waals surface area contributed by atoms with Crippen LogP contribution in [0.4, 0.5) is 5.69 Å². The summed E-state index contributed by atoms with van der Waals surface area (Å²) in [6, 6.07) is 9.47. The van der Waals surface area contributed by atoms with E-state index in [0.717, 1.165) is 35.2 Å². The molecule has 0 unspecified atom stereocenters. The predicted octanol–water partition coefficient (Wildman–Crippen LogP) is 0.0219. The van der Waals surface area contributed by atoms with E-state index in [1.165, 1.54) is 11.2 Å². The van der Waals surface area contributed by atoms with Gasteiger partial charge in [0.1, 0.15) is 11.5 Å².